The molecule has 0 aliphatic heterocycles. The van der Waals surface area contributed by atoms with Gasteiger partial charge in [-0.2, -0.15) is 0 Å². The van der Waals surface area contributed by atoms with E-state index in [0.717, 1.165) is 15.9 Å². The number of aromatic nitrogens is 3. The second-order valence-corrected chi connectivity index (χ2v) is 8.90. The molecule has 0 saturated heterocycles. The van der Waals surface area contributed by atoms with Gasteiger partial charge in [0.15, 0.2) is 0 Å². The van der Waals surface area contributed by atoms with Crippen molar-refractivity contribution >= 4 is 23.3 Å². The molecule has 3 aromatic rings. The zero-order chi connectivity index (χ0) is 24.2. The van der Waals surface area contributed by atoms with Gasteiger partial charge in [0, 0.05) is 11.6 Å². The van der Waals surface area contributed by atoms with Crippen molar-refractivity contribution in [2.75, 3.05) is 6.61 Å². The summed E-state index contributed by atoms with van der Waals surface area (Å²) in [5.41, 5.74) is -0.0497. The van der Waals surface area contributed by atoms with Crippen molar-refractivity contribution in [2.24, 2.45) is 16.8 Å². The van der Waals surface area contributed by atoms with E-state index in [9.17, 15) is 19.5 Å². The summed E-state index contributed by atoms with van der Waals surface area (Å²) in [6.07, 6.45) is 2.40. The summed E-state index contributed by atoms with van der Waals surface area (Å²) in [6, 6.07) is 14.0. The molecule has 1 aliphatic carbocycles. The van der Waals surface area contributed by atoms with Crippen LogP contribution in [0.3, 0.4) is 0 Å². The summed E-state index contributed by atoms with van der Waals surface area (Å²) in [6.45, 7) is 1.97. The Morgan fingerprint density at radius 3 is 2.44 bits per heavy atom. The van der Waals surface area contributed by atoms with Crippen molar-refractivity contribution in [2.45, 2.75) is 32.9 Å². The number of nitrogens with one attached hydrogen (secondary N) is 1. The summed E-state index contributed by atoms with van der Waals surface area (Å²) in [7, 11) is 0. The summed E-state index contributed by atoms with van der Waals surface area (Å²) in [4.78, 5) is 44.3. The number of carboxylic acids is 1. The minimum atomic E-state index is -1.10. The Balaban J connectivity index is 1.73. The minimum absolute atomic E-state index is 0.0517. The van der Waals surface area contributed by atoms with Gasteiger partial charge in [-0.25, -0.2) is 19.1 Å². The number of rotatable bonds is 9. The Morgan fingerprint density at radius 2 is 1.82 bits per heavy atom. The quantitative estimate of drug-likeness (QED) is 0.484. The summed E-state index contributed by atoms with van der Waals surface area (Å²) in [5.74, 6) is -0.662. The van der Waals surface area contributed by atoms with E-state index in [-0.39, 0.29) is 18.7 Å². The third kappa shape index (κ3) is 5.85. The molecule has 1 saturated carbocycles. The van der Waals surface area contributed by atoms with Gasteiger partial charge in [0.2, 0.25) is 5.62 Å². The highest BCUT2D eigenvalue weighted by Crippen LogP contribution is 2.29. The second kappa shape index (κ2) is 10.1. The number of carboxylic acid groups (broad SMARTS) is 1. The van der Waals surface area contributed by atoms with Crippen LogP contribution in [0.1, 0.15) is 25.3 Å². The van der Waals surface area contributed by atoms with E-state index in [4.69, 9.17) is 16.3 Å². The van der Waals surface area contributed by atoms with Crippen LogP contribution < -0.4 is 21.7 Å². The molecule has 0 radical (unpaired) electrons. The number of benzene rings is 2. The molecule has 0 spiro atoms. The molecule has 178 valence electrons. The van der Waals surface area contributed by atoms with Gasteiger partial charge in [-0.15, -0.1) is 0 Å². The maximum absolute atomic E-state index is 13.2. The van der Waals surface area contributed by atoms with Crippen LogP contribution in [-0.2, 0) is 17.9 Å². The summed E-state index contributed by atoms with van der Waals surface area (Å²) < 4.78 is 7.92. The highest BCUT2D eigenvalue weighted by Gasteiger charge is 2.21. The lowest BCUT2D eigenvalue weighted by Gasteiger charge is -2.13. The molecule has 10 heteroatoms. The van der Waals surface area contributed by atoms with Gasteiger partial charge >= 0.3 is 17.3 Å². The number of hydrogen-bond acceptors (Lipinski definition) is 5. The Hall–Kier alpha value is -3.59. The van der Waals surface area contributed by atoms with Crippen molar-refractivity contribution in [1.29, 1.82) is 0 Å². The van der Waals surface area contributed by atoms with Crippen molar-refractivity contribution in [3.8, 4) is 5.75 Å². The monoisotopic (exact) mass is 484 g/mol. The fraction of sp³-hybridized carbons (Fsp3) is 0.333. The summed E-state index contributed by atoms with van der Waals surface area (Å²) >= 11 is 5.97. The Kier molecular flexibility index (Phi) is 7.02. The van der Waals surface area contributed by atoms with Crippen LogP contribution in [0.15, 0.2) is 63.1 Å². The fourth-order valence-electron chi connectivity index (χ4n) is 3.31. The predicted molar refractivity (Wildman–Crippen MR) is 127 cm³/mol. The number of H-pyrrole nitrogens is 1. The van der Waals surface area contributed by atoms with Crippen molar-refractivity contribution in [1.82, 2.24) is 14.1 Å². The smallest absolute Gasteiger partial charge is 0.335 e. The van der Waals surface area contributed by atoms with Gasteiger partial charge in [-0.3, -0.25) is 14.3 Å². The molecule has 2 N–H and O–H groups in total. The molecule has 0 unspecified atom stereocenters. The molecule has 1 aromatic heterocycles. The largest absolute Gasteiger partial charge is 0.493 e. The van der Waals surface area contributed by atoms with E-state index in [1.54, 1.807) is 48.5 Å². The van der Waals surface area contributed by atoms with Crippen LogP contribution in [0, 0.1) is 11.8 Å². The third-order valence-electron chi connectivity index (χ3n) is 5.57. The van der Waals surface area contributed by atoms with Crippen LogP contribution in [0.25, 0.3) is 0 Å². The second-order valence-electron chi connectivity index (χ2n) is 8.46. The van der Waals surface area contributed by atoms with Crippen molar-refractivity contribution < 1.29 is 14.6 Å². The Bertz CT molecular complexity index is 1350. The Labute approximate surface area is 199 Å². The van der Waals surface area contributed by atoms with Crippen LogP contribution in [-0.4, -0.2) is 31.8 Å². The molecule has 1 heterocycles. The van der Waals surface area contributed by atoms with Gasteiger partial charge in [-0.05, 0) is 60.7 Å². The number of ether oxygens (including phenoxy) is 1. The average molecular weight is 485 g/mol. The van der Waals surface area contributed by atoms with E-state index >= 15 is 0 Å². The first-order chi connectivity index (χ1) is 16.3. The van der Waals surface area contributed by atoms with E-state index < -0.39 is 23.3 Å². The maximum atomic E-state index is 13.2. The van der Waals surface area contributed by atoms with Crippen LogP contribution in [0.5, 0.6) is 5.75 Å². The lowest BCUT2D eigenvalue weighted by atomic mass is 10.2. The fourth-order valence-corrected chi connectivity index (χ4v) is 3.43. The molecule has 0 amide bonds. The van der Waals surface area contributed by atoms with Gasteiger partial charge < -0.3 is 9.84 Å². The molecule has 2 aromatic carbocycles. The lowest BCUT2D eigenvalue weighted by molar-refractivity contribution is -0.141. The van der Waals surface area contributed by atoms with Crippen molar-refractivity contribution in [3.05, 3.63) is 85.7 Å². The molecule has 1 aliphatic rings. The highest BCUT2D eigenvalue weighted by molar-refractivity contribution is 6.30. The van der Waals surface area contributed by atoms with Gasteiger partial charge in [0.25, 0.3) is 0 Å². The van der Waals surface area contributed by atoms with Crippen LogP contribution in [0.4, 0.5) is 5.69 Å². The number of carbonyl (C=O) groups is 1. The van der Waals surface area contributed by atoms with Crippen molar-refractivity contribution in [3.63, 3.8) is 0 Å². The lowest BCUT2D eigenvalue weighted by Crippen LogP contribution is -2.51. The first kappa shape index (κ1) is 23.6. The molecule has 0 bridgehead atoms. The van der Waals surface area contributed by atoms with Crippen LogP contribution >= 0.6 is 11.6 Å². The average Bonchev–Trinajstić information content (AvgIpc) is 3.64. The van der Waals surface area contributed by atoms with Gasteiger partial charge in [0.1, 0.15) is 5.75 Å². The Morgan fingerprint density at radius 1 is 1.15 bits per heavy atom. The zero-order valence-electron chi connectivity index (χ0n) is 18.6. The number of halogens is 1. The molecule has 1 atom stereocenters. The van der Waals surface area contributed by atoms with Gasteiger partial charge in [0.05, 0.1) is 24.8 Å². The maximum Gasteiger partial charge on any atom is 0.335 e. The minimum Gasteiger partial charge on any atom is -0.493 e. The molecule has 9 nitrogen and oxygen atoms in total. The van der Waals surface area contributed by atoms with E-state index in [0.29, 0.717) is 23.2 Å². The first-order valence-electron chi connectivity index (χ1n) is 11.0. The molecule has 1 fully saturated rings. The molecule has 4 rings (SSSR count). The third-order valence-corrected chi connectivity index (χ3v) is 5.82. The number of nitrogens with zero attached hydrogens (tertiary/aromatic N) is 3. The highest BCUT2D eigenvalue weighted by atomic mass is 35.5. The number of hydrogen-bond donors (Lipinski definition) is 2. The molecule has 34 heavy (non-hydrogen) atoms. The van der Waals surface area contributed by atoms with Crippen LogP contribution in [0.2, 0.25) is 5.02 Å². The first-order valence-corrected chi connectivity index (χ1v) is 11.4. The molecular formula is C24H25ClN4O5. The van der Waals surface area contributed by atoms with E-state index in [1.807, 2.05) is 0 Å². The van der Waals surface area contributed by atoms with Gasteiger partial charge in [-0.1, -0.05) is 30.7 Å². The molecular weight excluding hydrogens is 460 g/mol. The predicted octanol–water partition coefficient (Wildman–Crippen LogP) is 2.78. The van der Waals surface area contributed by atoms with E-state index in [2.05, 4.69) is 9.98 Å². The number of aromatic amines is 1. The standard InChI is InChI=1S/C24H25ClN4O5/c1-15(21(30)31)12-29-23(32)27-22(28(24(29)33)13-16-4-6-18(25)7-5-16)26-19-8-10-20(11-9-19)34-14-17-2-3-17/h4-11,15,17H,2-3,12-14H2,1H3,(H,30,31)(H,26,27,32)/t15-/m1/s1. The zero-order valence-corrected chi connectivity index (χ0v) is 19.4. The summed E-state index contributed by atoms with van der Waals surface area (Å²) in [5, 5.41) is 9.78. The number of aliphatic carboxylic acids is 1. The topological polar surface area (TPSA) is 119 Å². The normalized spacial score (nSPS) is 14.7. The van der Waals surface area contributed by atoms with E-state index in [1.165, 1.54) is 24.3 Å². The SMILES string of the molecule is C[C@H](Cn1c(=O)[nH]/c(=N\c2ccc(OCC3CC3)cc2)n(Cc2ccc(Cl)cc2)c1=O)C(=O)O.